The maximum atomic E-state index is 14.3. The van der Waals surface area contributed by atoms with Crippen LogP contribution in [0.3, 0.4) is 0 Å². The first kappa shape index (κ1) is 33.8. The number of hydroxylamine groups is 2. The molecular formula is C17H16F3N6NaO8S3. The quantitative estimate of drug-likeness (QED) is 0.0237. The van der Waals surface area contributed by atoms with Crippen LogP contribution in [0, 0.1) is 17.5 Å². The van der Waals surface area contributed by atoms with Crippen molar-refractivity contribution in [3.8, 4) is 0 Å². The summed E-state index contributed by atoms with van der Waals surface area (Å²) in [5.74, 6) is -9.65. The summed E-state index contributed by atoms with van der Waals surface area (Å²) < 4.78 is 73.7. The van der Waals surface area contributed by atoms with E-state index in [1.165, 1.54) is 0 Å². The second-order valence-corrected chi connectivity index (χ2v) is 11.1. The number of benzene rings is 1. The molecule has 1 unspecified atom stereocenters. The summed E-state index contributed by atoms with van der Waals surface area (Å²) in [5.41, 5.74) is 5.36. The van der Waals surface area contributed by atoms with Crippen molar-refractivity contribution in [1.82, 2.24) is 5.06 Å². The van der Waals surface area contributed by atoms with Gasteiger partial charge in [-0.3, -0.25) is 19.1 Å². The average molecular weight is 609 g/mol. The normalized spacial score (nSPS) is 15.7. The number of amides is 2. The van der Waals surface area contributed by atoms with E-state index >= 15 is 0 Å². The summed E-state index contributed by atoms with van der Waals surface area (Å²) in [6, 6.07) is 0. The second-order valence-electron chi connectivity index (χ2n) is 6.76. The van der Waals surface area contributed by atoms with Crippen LogP contribution in [0.25, 0.3) is 10.4 Å². The van der Waals surface area contributed by atoms with Gasteiger partial charge in [-0.2, -0.15) is 8.42 Å². The number of anilines is 1. The number of nitrogens with zero attached hydrogens (tertiary/aromatic N) is 5. The number of aliphatic imine (C=N–C) groups is 1. The minimum Gasteiger partial charge on any atom is -0.858 e. The van der Waals surface area contributed by atoms with Gasteiger partial charge in [-0.1, -0.05) is 26.7 Å². The maximum absolute atomic E-state index is 14.3. The topological polar surface area (TPSA) is 214 Å². The molecule has 0 bridgehead atoms. The molecule has 0 spiro atoms. The number of rotatable bonds is 12. The first-order valence-electron chi connectivity index (χ1n) is 9.78. The van der Waals surface area contributed by atoms with Crippen LogP contribution in [0.4, 0.5) is 24.5 Å². The van der Waals surface area contributed by atoms with E-state index in [-0.39, 0.29) is 59.1 Å². The zero-order valence-corrected chi connectivity index (χ0v) is 24.0. The third kappa shape index (κ3) is 8.15. The van der Waals surface area contributed by atoms with Crippen molar-refractivity contribution in [3.63, 3.8) is 0 Å². The fourth-order valence-corrected chi connectivity index (χ4v) is 5.32. The molecule has 202 valence electrons. The first-order valence-corrected chi connectivity index (χ1v) is 13.8. The molecule has 1 atom stereocenters. The fourth-order valence-electron chi connectivity index (χ4n) is 2.78. The van der Waals surface area contributed by atoms with E-state index in [1.807, 2.05) is 0 Å². The molecule has 1 aromatic carbocycles. The van der Waals surface area contributed by atoms with Gasteiger partial charge >= 0.3 is 35.5 Å². The van der Waals surface area contributed by atoms with Crippen LogP contribution in [0.15, 0.2) is 10.1 Å². The Morgan fingerprint density at radius 3 is 2.45 bits per heavy atom. The van der Waals surface area contributed by atoms with E-state index in [0.29, 0.717) is 0 Å². The Morgan fingerprint density at radius 1 is 1.26 bits per heavy atom. The van der Waals surface area contributed by atoms with Crippen LogP contribution < -0.4 is 40.0 Å². The van der Waals surface area contributed by atoms with Crippen LogP contribution in [-0.4, -0.2) is 72.1 Å². The molecule has 1 heterocycles. The molecule has 2 amide bonds. The first-order chi connectivity index (χ1) is 17.3. The average Bonchev–Trinajstić information content (AvgIpc) is 3.11. The largest absolute Gasteiger partial charge is 1.00 e. The van der Waals surface area contributed by atoms with Gasteiger partial charge in [0.15, 0.2) is 22.7 Å². The van der Waals surface area contributed by atoms with Crippen LogP contribution in [0.1, 0.15) is 18.4 Å². The van der Waals surface area contributed by atoms with E-state index in [2.05, 4.69) is 25.2 Å². The minimum atomic E-state index is -4.84. The van der Waals surface area contributed by atoms with E-state index in [0.717, 1.165) is 28.6 Å². The molecule has 2 rings (SSSR count). The van der Waals surface area contributed by atoms with Crippen molar-refractivity contribution in [1.29, 1.82) is 0 Å². The van der Waals surface area contributed by atoms with E-state index in [1.54, 1.807) is 0 Å². The van der Waals surface area contributed by atoms with E-state index in [9.17, 15) is 41.1 Å². The molecule has 1 saturated heterocycles. The molecule has 38 heavy (non-hydrogen) atoms. The summed E-state index contributed by atoms with van der Waals surface area (Å²) >= 11 is 0. The number of hydrogen-bond acceptors (Lipinski definition) is 12. The van der Waals surface area contributed by atoms with Gasteiger partial charge in [-0.05, 0) is 11.4 Å². The molecule has 14 nitrogen and oxygen atoms in total. The number of imide groups is 1. The van der Waals surface area contributed by atoms with Crippen molar-refractivity contribution in [2.75, 3.05) is 30.4 Å². The Morgan fingerprint density at radius 2 is 1.89 bits per heavy atom. The molecule has 1 aromatic rings. The third-order valence-corrected chi connectivity index (χ3v) is 7.90. The van der Waals surface area contributed by atoms with Crippen molar-refractivity contribution in [2.45, 2.75) is 18.1 Å². The Balaban J connectivity index is 0.00000722. The number of nitrogens with one attached hydrogen (secondary N) is 1. The summed E-state index contributed by atoms with van der Waals surface area (Å²) in [4.78, 5) is 45.5. The van der Waals surface area contributed by atoms with Gasteiger partial charge in [0.1, 0.15) is 5.69 Å². The van der Waals surface area contributed by atoms with Gasteiger partial charge in [-0.15, -0.1) is 5.06 Å². The number of carbonyl (C=O) groups excluding carboxylic acids is 3. The van der Waals surface area contributed by atoms with Crippen molar-refractivity contribution < 1.29 is 80.0 Å². The second kappa shape index (κ2) is 14.8. The third-order valence-electron chi connectivity index (χ3n) is 4.42. The molecule has 0 aliphatic carbocycles. The summed E-state index contributed by atoms with van der Waals surface area (Å²) in [6.45, 7) is -0.210. The van der Waals surface area contributed by atoms with Gasteiger partial charge in [-0.25, -0.2) is 18.0 Å². The molecule has 1 aliphatic rings. The number of azide groups is 1. The maximum Gasteiger partial charge on any atom is 1.00 e. The Labute approximate surface area is 242 Å². The SMILES string of the molecule is CNc1c(F)c(N=[N+]=[N-])c(F)c(F)c1C([O-])=NCCSSCCC(=O)ON1C(=O)CC(S(=O)(=O)O)C1=O.[Na+]. The predicted molar refractivity (Wildman–Crippen MR) is 124 cm³/mol. The number of carbonyl (C=O) groups is 3. The molecule has 21 heteroatoms. The minimum absolute atomic E-state index is 0. The van der Waals surface area contributed by atoms with Crippen molar-refractivity contribution in [2.24, 2.45) is 10.1 Å². The molecule has 0 aromatic heterocycles. The van der Waals surface area contributed by atoms with Gasteiger partial charge in [0.25, 0.3) is 21.9 Å². The molecule has 1 aliphatic heterocycles. The monoisotopic (exact) mass is 608 g/mol. The molecule has 0 radical (unpaired) electrons. The molecule has 2 N–H and O–H groups in total. The zero-order valence-electron chi connectivity index (χ0n) is 19.5. The summed E-state index contributed by atoms with van der Waals surface area (Å²) in [5, 5.41) is 15.1. The van der Waals surface area contributed by atoms with Gasteiger partial charge < -0.3 is 15.3 Å². The molecule has 1 fully saturated rings. The van der Waals surface area contributed by atoms with Crippen LogP contribution in [0.2, 0.25) is 0 Å². The summed E-state index contributed by atoms with van der Waals surface area (Å²) in [6.07, 6.45) is -1.18. The Hall–Kier alpha value is -2.19. The molecular weight excluding hydrogens is 592 g/mol. The van der Waals surface area contributed by atoms with Crippen LogP contribution in [-0.2, 0) is 29.3 Å². The van der Waals surface area contributed by atoms with E-state index in [4.69, 9.17) is 10.1 Å². The van der Waals surface area contributed by atoms with Gasteiger partial charge in [0.05, 0.1) is 18.5 Å². The van der Waals surface area contributed by atoms with Gasteiger partial charge in [0.2, 0.25) is 0 Å². The number of hydrogen-bond donors (Lipinski definition) is 2. The smallest absolute Gasteiger partial charge is 0.858 e. The fraction of sp³-hybridized carbons (Fsp3) is 0.412. The number of halogens is 3. The Bertz CT molecular complexity index is 1300. The summed E-state index contributed by atoms with van der Waals surface area (Å²) in [7, 11) is -1.53. The van der Waals surface area contributed by atoms with Crippen molar-refractivity contribution in [3.05, 3.63) is 33.5 Å². The van der Waals surface area contributed by atoms with Gasteiger partial charge in [0, 0.05) is 35.6 Å². The zero-order chi connectivity index (χ0) is 27.9. The Kier molecular flexibility index (Phi) is 13.2. The van der Waals surface area contributed by atoms with E-state index < -0.39 is 79.9 Å². The molecule has 0 saturated carbocycles. The predicted octanol–water partition coefficient (Wildman–Crippen LogP) is -1.56. The van der Waals surface area contributed by atoms with Crippen LogP contribution >= 0.6 is 21.6 Å². The van der Waals surface area contributed by atoms with Crippen LogP contribution in [0.5, 0.6) is 0 Å². The standard InChI is InChI=1S/C17H17F3N6O8S3.Na/c1-22-14-10(11(18)12(19)15(13(14)20)24-25-21)16(29)23-3-5-36-35-4-2-9(28)34-26-8(27)6-7(17(26)30)37(31,32)33;/h7,22H,2-6H2,1H3,(H,23,29)(H,31,32,33);/q;+1/p-1. The van der Waals surface area contributed by atoms with Crippen molar-refractivity contribution >= 4 is 66.8 Å².